The molecule has 1 aromatic carbocycles. The molecule has 21 heavy (non-hydrogen) atoms. The van der Waals surface area contributed by atoms with Crippen LogP contribution in [-0.2, 0) is 0 Å². The highest BCUT2D eigenvalue weighted by atomic mass is 32.1. The van der Waals surface area contributed by atoms with Crippen molar-refractivity contribution in [3.05, 3.63) is 57.3 Å². The SMILES string of the molecule is Cc1cc(C)cc(C(c2cccs2)N2CCCNCC2)c1. The molecule has 2 nitrogen and oxygen atoms in total. The van der Waals surface area contributed by atoms with E-state index in [0.717, 1.165) is 19.6 Å². The van der Waals surface area contributed by atoms with Gasteiger partial charge in [0.15, 0.2) is 0 Å². The molecule has 1 fully saturated rings. The number of nitrogens with zero attached hydrogens (tertiary/aromatic N) is 1. The van der Waals surface area contributed by atoms with Crippen LogP contribution < -0.4 is 5.32 Å². The van der Waals surface area contributed by atoms with Crippen LogP contribution in [0.15, 0.2) is 35.7 Å². The lowest BCUT2D eigenvalue weighted by molar-refractivity contribution is 0.244. The van der Waals surface area contributed by atoms with Crippen LogP contribution in [-0.4, -0.2) is 31.1 Å². The third kappa shape index (κ3) is 3.54. The summed E-state index contributed by atoms with van der Waals surface area (Å²) < 4.78 is 0. The van der Waals surface area contributed by atoms with Crippen molar-refractivity contribution in [2.75, 3.05) is 26.2 Å². The summed E-state index contributed by atoms with van der Waals surface area (Å²) in [6.07, 6.45) is 1.23. The average molecular weight is 300 g/mol. The lowest BCUT2D eigenvalue weighted by Crippen LogP contribution is -2.32. The van der Waals surface area contributed by atoms with Crippen molar-refractivity contribution in [1.29, 1.82) is 0 Å². The molecule has 1 atom stereocenters. The standard InChI is InChI=1S/C18H24N2S/c1-14-11-15(2)13-16(12-14)18(17-5-3-10-21-17)20-8-4-6-19-7-9-20/h3,5,10-13,18-19H,4,6-9H2,1-2H3. The van der Waals surface area contributed by atoms with E-state index in [2.05, 4.69) is 59.8 Å². The van der Waals surface area contributed by atoms with Gasteiger partial charge in [0, 0.05) is 24.5 Å². The molecule has 1 aromatic heterocycles. The van der Waals surface area contributed by atoms with Gasteiger partial charge in [-0.2, -0.15) is 0 Å². The Labute approximate surface area is 131 Å². The van der Waals surface area contributed by atoms with E-state index in [1.54, 1.807) is 0 Å². The first-order valence-electron chi connectivity index (χ1n) is 7.80. The highest BCUT2D eigenvalue weighted by Gasteiger charge is 2.24. The van der Waals surface area contributed by atoms with Crippen LogP contribution in [0.5, 0.6) is 0 Å². The van der Waals surface area contributed by atoms with Crippen LogP contribution in [0.2, 0.25) is 0 Å². The maximum atomic E-state index is 3.51. The van der Waals surface area contributed by atoms with Gasteiger partial charge in [-0.3, -0.25) is 4.90 Å². The molecule has 1 aliphatic heterocycles. The molecule has 0 aliphatic carbocycles. The summed E-state index contributed by atoms with van der Waals surface area (Å²) in [6, 6.07) is 11.8. The first-order valence-corrected chi connectivity index (χ1v) is 8.68. The quantitative estimate of drug-likeness (QED) is 0.928. The molecule has 112 valence electrons. The van der Waals surface area contributed by atoms with E-state index in [-0.39, 0.29) is 0 Å². The molecule has 0 amide bonds. The van der Waals surface area contributed by atoms with Crippen molar-refractivity contribution in [3.63, 3.8) is 0 Å². The minimum atomic E-state index is 0.406. The molecule has 1 unspecified atom stereocenters. The molecule has 1 saturated heterocycles. The minimum absolute atomic E-state index is 0.406. The Bertz CT molecular complexity index is 549. The molecule has 0 saturated carbocycles. The summed E-state index contributed by atoms with van der Waals surface area (Å²) >= 11 is 1.88. The van der Waals surface area contributed by atoms with Gasteiger partial charge in [-0.05, 0) is 43.8 Å². The number of thiophene rings is 1. The second-order valence-corrected chi connectivity index (χ2v) is 6.96. The summed E-state index contributed by atoms with van der Waals surface area (Å²) in [5.74, 6) is 0. The molecule has 0 radical (unpaired) electrons. The van der Waals surface area contributed by atoms with Gasteiger partial charge in [0.05, 0.1) is 6.04 Å². The van der Waals surface area contributed by atoms with E-state index in [0.29, 0.717) is 6.04 Å². The molecular weight excluding hydrogens is 276 g/mol. The van der Waals surface area contributed by atoms with Gasteiger partial charge >= 0.3 is 0 Å². The van der Waals surface area contributed by atoms with Crippen molar-refractivity contribution < 1.29 is 0 Å². The van der Waals surface area contributed by atoms with Crippen molar-refractivity contribution in [2.24, 2.45) is 0 Å². The van der Waals surface area contributed by atoms with Crippen molar-refractivity contribution in [3.8, 4) is 0 Å². The molecule has 0 spiro atoms. The number of hydrogen-bond donors (Lipinski definition) is 1. The van der Waals surface area contributed by atoms with E-state index < -0.39 is 0 Å². The summed E-state index contributed by atoms with van der Waals surface area (Å²) in [6.45, 7) is 8.92. The Morgan fingerprint density at radius 3 is 2.62 bits per heavy atom. The molecule has 3 rings (SSSR count). The van der Waals surface area contributed by atoms with Gasteiger partial charge in [-0.25, -0.2) is 0 Å². The van der Waals surface area contributed by atoms with Gasteiger partial charge in [0.25, 0.3) is 0 Å². The van der Waals surface area contributed by atoms with Crippen LogP contribution in [0.4, 0.5) is 0 Å². The monoisotopic (exact) mass is 300 g/mol. The van der Waals surface area contributed by atoms with Crippen molar-refractivity contribution >= 4 is 11.3 Å². The average Bonchev–Trinajstić information content (AvgIpc) is 2.81. The number of rotatable bonds is 3. The van der Waals surface area contributed by atoms with Crippen LogP contribution in [0.1, 0.15) is 34.0 Å². The zero-order valence-corrected chi connectivity index (χ0v) is 13.7. The van der Waals surface area contributed by atoms with E-state index in [1.165, 1.54) is 34.5 Å². The Hall–Kier alpha value is -1.16. The zero-order valence-electron chi connectivity index (χ0n) is 12.9. The summed E-state index contributed by atoms with van der Waals surface area (Å²) in [5, 5.41) is 5.71. The Morgan fingerprint density at radius 2 is 1.90 bits per heavy atom. The predicted octanol–water partition coefficient (Wildman–Crippen LogP) is 3.75. The van der Waals surface area contributed by atoms with Crippen molar-refractivity contribution in [2.45, 2.75) is 26.3 Å². The zero-order chi connectivity index (χ0) is 14.7. The topological polar surface area (TPSA) is 15.3 Å². The van der Waals surface area contributed by atoms with Gasteiger partial charge in [-0.1, -0.05) is 35.4 Å². The lowest BCUT2D eigenvalue weighted by Gasteiger charge is -2.30. The Kier molecular flexibility index (Phi) is 4.73. The highest BCUT2D eigenvalue weighted by Crippen LogP contribution is 2.33. The molecular formula is C18H24N2S. The minimum Gasteiger partial charge on any atom is -0.315 e. The number of aryl methyl sites for hydroxylation is 2. The van der Waals surface area contributed by atoms with Crippen molar-refractivity contribution in [1.82, 2.24) is 10.2 Å². The van der Waals surface area contributed by atoms with Gasteiger partial charge < -0.3 is 5.32 Å². The van der Waals surface area contributed by atoms with E-state index in [4.69, 9.17) is 0 Å². The van der Waals surface area contributed by atoms with Crippen LogP contribution in [0.25, 0.3) is 0 Å². The van der Waals surface area contributed by atoms with Gasteiger partial charge in [-0.15, -0.1) is 11.3 Å². The third-order valence-corrected chi connectivity index (χ3v) is 5.04. The third-order valence-electron chi connectivity index (χ3n) is 4.11. The predicted molar refractivity (Wildman–Crippen MR) is 91.1 cm³/mol. The maximum Gasteiger partial charge on any atom is 0.0696 e. The lowest BCUT2D eigenvalue weighted by atomic mass is 9.98. The first kappa shape index (κ1) is 14.8. The fraction of sp³-hybridized carbons (Fsp3) is 0.444. The van der Waals surface area contributed by atoms with E-state index in [1.807, 2.05) is 11.3 Å². The van der Waals surface area contributed by atoms with E-state index in [9.17, 15) is 0 Å². The Morgan fingerprint density at radius 1 is 1.10 bits per heavy atom. The smallest absolute Gasteiger partial charge is 0.0696 e. The van der Waals surface area contributed by atoms with E-state index >= 15 is 0 Å². The number of nitrogens with one attached hydrogen (secondary N) is 1. The molecule has 2 heterocycles. The fourth-order valence-electron chi connectivity index (χ4n) is 3.29. The van der Waals surface area contributed by atoms with Crippen LogP contribution >= 0.6 is 11.3 Å². The number of benzene rings is 1. The second kappa shape index (κ2) is 6.73. The number of hydrogen-bond acceptors (Lipinski definition) is 3. The van der Waals surface area contributed by atoms with Gasteiger partial charge in [0.1, 0.15) is 0 Å². The fourth-order valence-corrected chi connectivity index (χ4v) is 4.18. The molecule has 2 aromatic rings. The van der Waals surface area contributed by atoms with Gasteiger partial charge in [0.2, 0.25) is 0 Å². The summed E-state index contributed by atoms with van der Waals surface area (Å²) in [7, 11) is 0. The molecule has 1 N–H and O–H groups in total. The molecule has 3 heteroatoms. The molecule has 1 aliphatic rings. The largest absolute Gasteiger partial charge is 0.315 e. The second-order valence-electron chi connectivity index (χ2n) is 5.98. The summed E-state index contributed by atoms with van der Waals surface area (Å²) in [5.41, 5.74) is 4.16. The summed E-state index contributed by atoms with van der Waals surface area (Å²) in [4.78, 5) is 4.10. The normalized spacial score (nSPS) is 18.4. The first-order chi connectivity index (χ1) is 10.2. The highest BCUT2D eigenvalue weighted by molar-refractivity contribution is 7.10. The molecule has 0 bridgehead atoms. The Balaban J connectivity index is 1.99. The van der Waals surface area contributed by atoms with Crippen LogP contribution in [0.3, 0.4) is 0 Å². The maximum absolute atomic E-state index is 3.51. The van der Waals surface area contributed by atoms with Crippen LogP contribution in [0, 0.1) is 13.8 Å².